The van der Waals surface area contributed by atoms with Crippen molar-refractivity contribution < 1.29 is 0 Å². The van der Waals surface area contributed by atoms with Gasteiger partial charge in [0, 0.05) is 11.8 Å². The van der Waals surface area contributed by atoms with E-state index in [0.717, 1.165) is 0 Å². The maximum atomic E-state index is 3.87. The maximum absolute atomic E-state index is 3.87. The van der Waals surface area contributed by atoms with E-state index in [4.69, 9.17) is 0 Å². The summed E-state index contributed by atoms with van der Waals surface area (Å²) in [6.07, 6.45) is 10.6. The van der Waals surface area contributed by atoms with Crippen LogP contribution in [0.5, 0.6) is 0 Å². The standard InChI is InChI=1S/C14H14/c1-2-12-8-6-7-11-14(12)13-9-4-3-5-10-13/h2-12,14H,1H2. The van der Waals surface area contributed by atoms with Gasteiger partial charge in [-0.2, -0.15) is 0 Å². The molecule has 0 amide bonds. The molecule has 0 spiro atoms. The van der Waals surface area contributed by atoms with Crippen LogP contribution in [0.15, 0.2) is 67.3 Å². The van der Waals surface area contributed by atoms with Crippen LogP contribution < -0.4 is 0 Å². The maximum Gasteiger partial charge on any atom is 0.0119 e. The molecule has 0 heterocycles. The second kappa shape index (κ2) is 4.10. The highest BCUT2D eigenvalue weighted by Gasteiger charge is 2.16. The lowest BCUT2D eigenvalue weighted by Gasteiger charge is -2.21. The zero-order chi connectivity index (χ0) is 9.80. The second-order valence-corrected chi connectivity index (χ2v) is 3.52. The van der Waals surface area contributed by atoms with Gasteiger partial charge < -0.3 is 0 Å². The first kappa shape index (κ1) is 9.01. The first-order valence-electron chi connectivity index (χ1n) is 4.94. The third-order valence-electron chi connectivity index (χ3n) is 2.63. The van der Waals surface area contributed by atoms with Crippen molar-refractivity contribution in [2.75, 3.05) is 0 Å². The van der Waals surface area contributed by atoms with E-state index in [2.05, 4.69) is 61.2 Å². The first-order valence-corrected chi connectivity index (χ1v) is 4.94. The summed E-state index contributed by atoms with van der Waals surface area (Å²) in [5.41, 5.74) is 1.36. The minimum Gasteiger partial charge on any atom is -0.102 e. The minimum absolute atomic E-state index is 0.433. The number of rotatable bonds is 2. The molecule has 0 heteroatoms. The van der Waals surface area contributed by atoms with Gasteiger partial charge >= 0.3 is 0 Å². The van der Waals surface area contributed by atoms with Gasteiger partial charge in [0.2, 0.25) is 0 Å². The normalized spacial score (nSPS) is 24.9. The summed E-state index contributed by atoms with van der Waals surface area (Å²) in [5, 5.41) is 0. The molecule has 1 aliphatic rings. The zero-order valence-electron chi connectivity index (χ0n) is 8.14. The monoisotopic (exact) mass is 182 g/mol. The van der Waals surface area contributed by atoms with Gasteiger partial charge in [-0.05, 0) is 5.56 Å². The highest BCUT2D eigenvalue weighted by atomic mass is 14.2. The summed E-state index contributed by atoms with van der Waals surface area (Å²) in [7, 11) is 0. The molecule has 2 unspecified atom stereocenters. The molecule has 0 radical (unpaired) electrons. The van der Waals surface area contributed by atoms with Crippen LogP contribution in [0.3, 0.4) is 0 Å². The Morgan fingerprint density at radius 3 is 2.43 bits per heavy atom. The summed E-state index contributed by atoms with van der Waals surface area (Å²) >= 11 is 0. The Kier molecular flexibility index (Phi) is 2.64. The van der Waals surface area contributed by atoms with Crippen molar-refractivity contribution in [3.63, 3.8) is 0 Å². The van der Waals surface area contributed by atoms with Gasteiger partial charge in [0.25, 0.3) is 0 Å². The lowest BCUT2D eigenvalue weighted by Crippen LogP contribution is -2.07. The molecule has 14 heavy (non-hydrogen) atoms. The molecule has 2 atom stereocenters. The fourth-order valence-electron chi connectivity index (χ4n) is 1.86. The predicted molar refractivity (Wildman–Crippen MR) is 61.2 cm³/mol. The van der Waals surface area contributed by atoms with Crippen molar-refractivity contribution in [1.29, 1.82) is 0 Å². The van der Waals surface area contributed by atoms with Crippen molar-refractivity contribution >= 4 is 0 Å². The number of hydrogen-bond acceptors (Lipinski definition) is 0. The Bertz CT molecular complexity index is 357. The Balaban J connectivity index is 2.30. The van der Waals surface area contributed by atoms with Crippen LogP contribution in [0.2, 0.25) is 0 Å². The SMILES string of the molecule is C=CC1C=CC=CC1c1ccccc1. The van der Waals surface area contributed by atoms with Gasteiger partial charge in [-0.1, -0.05) is 60.7 Å². The molecule has 0 nitrogen and oxygen atoms in total. The van der Waals surface area contributed by atoms with E-state index >= 15 is 0 Å². The molecule has 0 N–H and O–H groups in total. The molecule has 70 valence electrons. The van der Waals surface area contributed by atoms with Gasteiger partial charge in [0.15, 0.2) is 0 Å². The van der Waals surface area contributed by atoms with Crippen LogP contribution in [-0.2, 0) is 0 Å². The summed E-state index contributed by atoms with van der Waals surface area (Å²) in [4.78, 5) is 0. The summed E-state index contributed by atoms with van der Waals surface area (Å²) in [6.45, 7) is 3.87. The Morgan fingerprint density at radius 2 is 1.71 bits per heavy atom. The quantitative estimate of drug-likeness (QED) is 0.612. The highest BCUT2D eigenvalue weighted by molar-refractivity contribution is 5.32. The van der Waals surface area contributed by atoms with Crippen LogP contribution in [0.4, 0.5) is 0 Å². The van der Waals surface area contributed by atoms with Crippen LogP contribution in [-0.4, -0.2) is 0 Å². The third-order valence-corrected chi connectivity index (χ3v) is 2.63. The fourth-order valence-corrected chi connectivity index (χ4v) is 1.86. The van der Waals surface area contributed by atoms with Gasteiger partial charge in [-0.3, -0.25) is 0 Å². The average molecular weight is 182 g/mol. The second-order valence-electron chi connectivity index (χ2n) is 3.52. The molecule has 0 aliphatic heterocycles. The van der Waals surface area contributed by atoms with Crippen molar-refractivity contribution in [2.24, 2.45) is 5.92 Å². The van der Waals surface area contributed by atoms with E-state index < -0.39 is 0 Å². The van der Waals surface area contributed by atoms with E-state index in [-0.39, 0.29) is 0 Å². The fraction of sp³-hybridized carbons (Fsp3) is 0.143. The molecular weight excluding hydrogens is 168 g/mol. The molecule has 0 saturated carbocycles. The predicted octanol–water partition coefficient (Wildman–Crippen LogP) is 3.70. The van der Waals surface area contributed by atoms with Crippen LogP contribution in [0.1, 0.15) is 11.5 Å². The molecule has 0 fully saturated rings. The Labute approximate surface area is 85.3 Å². The lowest BCUT2D eigenvalue weighted by molar-refractivity contribution is 0.701. The van der Waals surface area contributed by atoms with Crippen molar-refractivity contribution in [3.8, 4) is 0 Å². The molecule has 2 rings (SSSR count). The summed E-state index contributed by atoms with van der Waals surface area (Å²) in [6, 6.07) is 10.6. The minimum atomic E-state index is 0.433. The summed E-state index contributed by atoms with van der Waals surface area (Å²) in [5.74, 6) is 0.890. The first-order chi connectivity index (χ1) is 6.92. The van der Waals surface area contributed by atoms with Crippen molar-refractivity contribution in [2.45, 2.75) is 5.92 Å². The molecule has 0 aromatic heterocycles. The van der Waals surface area contributed by atoms with E-state index in [1.807, 2.05) is 6.08 Å². The van der Waals surface area contributed by atoms with Crippen LogP contribution >= 0.6 is 0 Å². The number of benzene rings is 1. The molecule has 1 aromatic carbocycles. The van der Waals surface area contributed by atoms with Gasteiger partial charge in [-0.25, -0.2) is 0 Å². The smallest absolute Gasteiger partial charge is 0.0119 e. The zero-order valence-corrected chi connectivity index (χ0v) is 8.14. The van der Waals surface area contributed by atoms with E-state index in [1.54, 1.807) is 0 Å². The number of hydrogen-bond donors (Lipinski definition) is 0. The van der Waals surface area contributed by atoms with E-state index in [1.165, 1.54) is 5.56 Å². The molecule has 0 bridgehead atoms. The van der Waals surface area contributed by atoms with E-state index in [9.17, 15) is 0 Å². The van der Waals surface area contributed by atoms with Crippen molar-refractivity contribution in [1.82, 2.24) is 0 Å². The summed E-state index contributed by atoms with van der Waals surface area (Å²) < 4.78 is 0. The van der Waals surface area contributed by atoms with E-state index in [0.29, 0.717) is 11.8 Å². The highest BCUT2D eigenvalue weighted by Crippen LogP contribution is 2.30. The topological polar surface area (TPSA) is 0 Å². The molecule has 1 aliphatic carbocycles. The number of allylic oxidation sites excluding steroid dienone is 5. The van der Waals surface area contributed by atoms with Gasteiger partial charge in [-0.15, -0.1) is 6.58 Å². The molecule has 0 saturated heterocycles. The Hall–Kier alpha value is -1.56. The van der Waals surface area contributed by atoms with Gasteiger partial charge in [0.1, 0.15) is 0 Å². The van der Waals surface area contributed by atoms with Crippen LogP contribution in [0.25, 0.3) is 0 Å². The molecular formula is C14H14. The lowest BCUT2D eigenvalue weighted by atomic mass is 9.83. The third kappa shape index (κ3) is 1.69. The Morgan fingerprint density at radius 1 is 1.00 bits per heavy atom. The molecule has 1 aromatic rings. The van der Waals surface area contributed by atoms with Crippen LogP contribution in [0, 0.1) is 5.92 Å². The average Bonchev–Trinajstić information content (AvgIpc) is 2.30. The van der Waals surface area contributed by atoms with Crippen molar-refractivity contribution in [3.05, 3.63) is 72.9 Å². The van der Waals surface area contributed by atoms with Gasteiger partial charge in [0.05, 0.1) is 0 Å². The largest absolute Gasteiger partial charge is 0.102 e.